The van der Waals surface area contributed by atoms with Crippen LogP contribution in [0.5, 0.6) is 0 Å². The zero-order valence-corrected chi connectivity index (χ0v) is 11.6. The molecule has 4 nitrogen and oxygen atoms in total. The van der Waals surface area contributed by atoms with Gasteiger partial charge in [-0.25, -0.2) is 0 Å². The number of carbonyl (C=O) groups is 1. The minimum atomic E-state index is 0.0330. The summed E-state index contributed by atoms with van der Waals surface area (Å²) in [6, 6.07) is 2.08. The van der Waals surface area contributed by atoms with E-state index in [0.29, 0.717) is 13.2 Å². The van der Waals surface area contributed by atoms with E-state index in [1.807, 2.05) is 0 Å². The fourth-order valence-electron chi connectivity index (χ4n) is 1.89. The lowest BCUT2D eigenvalue weighted by molar-refractivity contribution is -0.115. The van der Waals surface area contributed by atoms with Gasteiger partial charge in [0.25, 0.3) is 0 Å². The number of carbonyl (C=O) groups excluding carboxylic acids is 1. The molecule has 100 valence electrons. The Morgan fingerprint density at radius 3 is 3.22 bits per heavy atom. The lowest BCUT2D eigenvalue weighted by Gasteiger charge is -2.10. The highest BCUT2D eigenvalue weighted by Gasteiger charge is 2.14. The van der Waals surface area contributed by atoms with E-state index in [0.717, 1.165) is 37.4 Å². The second-order valence-electron chi connectivity index (χ2n) is 4.44. The summed E-state index contributed by atoms with van der Waals surface area (Å²) >= 11 is 1.62. The molecule has 0 aromatic carbocycles. The van der Waals surface area contributed by atoms with E-state index in [1.165, 1.54) is 10.4 Å². The van der Waals surface area contributed by atoms with Crippen LogP contribution in [0.1, 0.15) is 30.2 Å². The van der Waals surface area contributed by atoms with E-state index in [2.05, 4.69) is 23.6 Å². The summed E-state index contributed by atoms with van der Waals surface area (Å²) < 4.78 is 5.39. The number of anilines is 1. The Bertz CT molecular complexity index is 380. The summed E-state index contributed by atoms with van der Waals surface area (Å²) in [4.78, 5) is 12.9. The molecule has 0 aliphatic carbocycles. The second kappa shape index (κ2) is 6.87. The third kappa shape index (κ3) is 3.80. The Balaban J connectivity index is 1.78. The van der Waals surface area contributed by atoms with Gasteiger partial charge in [0, 0.05) is 4.88 Å². The predicted octanol–water partition coefficient (Wildman–Crippen LogP) is 2.15. The monoisotopic (exact) mass is 268 g/mol. The molecule has 2 rings (SSSR count). The summed E-state index contributed by atoms with van der Waals surface area (Å²) in [6.45, 7) is 4.90. The van der Waals surface area contributed by atoms with Gasteiger partial charge in [-0.15, -0.1) is 11.3 Å². The number of thiophene rings is 1. The number of hydrogen-bond acceptors (Lipinski definition) is 4. The maximum atomic E-state index is 11.7. The summed E-state index contributed by atoms with van der Waals surface area (Å²) in [6.07, 6.45) is 3.21. The number of unbranched alkanes of at least 4 members (excludes halogenated alkanes) is 1. The topological polar surface area (TPSA) is 50.4 Å². The Morgan fingerprint density at radius 2 is 2.44 bits per heavy atom. The molecule has 2 N–H and O–H groups in total. The fraction of sp³-hybridized carbons (Fsp3) is 0.615. The molecule has 1 aliphatic heterocycles. The molecule has 0 atom stereocenters. The van der Waals surface area contributed by atoms with E-state index in [-0.39, 0.29) is 5.91 Å². The molecule has 0 radical (unpaired) electrons. The SMILES string of the molecule is CCCCNCC(=O)Nc1cc2c(s1)COCC2. The number of amides is 1. The van der Waals surface area contributed by atoms with Crippen molar-refractivity contribution in [3.05, 3.63) is 16.5 Å². The van der Waals surface area contributed by atoms with Crippen LogP contribution in [0.25, 0.3) is 0 Å². The van der Waals surface area contributed by atoms with Gasteiger partial charge in [0.2, 0.25) is 5.91 Å². The Hall–Kier alpha value is -0.910. The number of ether oxygens (including phenoxy) is 1. The highest BCUT2D eigenvalue weighted by Crippen LogP contribution is 2.30. The minimum Gasteiger partial charge on any atom is -0.376 e. The average Bonchev–Trinajstić information content (AvgIpc) is 2.76. The van der Waals surface area contributed by atoms with E-state index in [1.54, 1.807) is 11.3 Å². The van der Waals surface area contributed by atoms with Crippen molar-refractivity contribution in [3.63, 3.8) is 0 Å². The fourth-order valence-corrected chi connectivity index (χ4v) is 2.96. The average molecular weight is 268 g/mol. The Morgan fingerprint density at radius 1 is 1.56 bits per heavy atom. The first-order valence-electron chi connectivity index (χ1n) is 6.49. The largest absolute Gasteiger partial charge is 0.376 e. The second-order valence-corrected chi connectivity index (χ2v) is 5.58. The maximum absolute atomic E-state index is 11.7. The smallest absolute Gasteiger partial charge is 0.238 e. The van der Waals surface area contributed by atoms with E-state index in [9.17, 15) is 4.79 Å². The lowest BCUT2D eigenvalue weighted by atomic mass is 10.2. The normalized spacial score (nSPS) is 14.3. The Kier molecular flexibility index (Phi) is 5.16. The molecule has 0 fully saturated rings. The molecule has 2 heterocycles. The van der Waals surface area contributed by atoms with Gasteiger partial charge in [-0.3, -0.25) is 4.79 Å². The molecule has 5 heteroatoms. The van der Waals surface area contributed by atoms with Crippen molar-refractivity contribution in [2.75, 3.05) is 25.0 Å². The van der Waals surface area contributed by atoms with Crippen molar-refractivity contribution in [1.82, 2.24) is 5.32 Å². The van der Waals surface area contributed by atoms with Gasteiger partial charge < -0.3 is 15.4 Å². The molecule has 0 saturated heterocycles. The van der Waals surface area contributed by atoms with Crippen LogP contribution in [-0.4, -0.2) is 25.6 Å². The van der Waals surface area contributed by atoms with E-state index < -0.39 is 0 Å². The van der Waals surface area contributed by atoms with Crippen molar-refractivity contribution < 1.29 is 9.53 Å². The number of fused-ring (bicyclic) bond motifs is 1. The predicted molar refractivity (Wildman–Crippen MR) is 74.1 cm³/mol. The summed E-state index contributed by atoms with van der Waals surface area (Å²) in [5.41, 5.74) is 1.32. The molecule has 0 spiro atoms. The minimum absolute atomic E-state index is 0.0330. The Labute approximate surface area is 112 Å². The molecule has 1 amide bonds. The molecule has 1 aliphatic rings. The summed E-state index contributed by atoms with van der Waals surface area (Å²) in [5.74, 6) is 0.0330. The molecular weight excluding hydrogens is 248 g/mol. The molecule has 1 aromatic heterocycles. The first kappa shape index (κ1) is 13.5. The van der Waals surface area contributed by atoms with Crippen molar-refractivity contribution >= 4 is 22.2 Å². The first-order valence-corrected chi connectivity index (χ1v) is 7.31. The van der Waals surface area contributed by atoms with Gasteiger partial charge in [0.1, 0.15) is 0 Å². The van der Waals surface area contributed by atoms with Crippen LogP contribution in [0.4, 0.5) is 5.00 Å². The van der Waals surface area contributed by atoms with Crippen molar-refractivity contribution in [3.8, 4) is 0 Å². The van der Waals surface area contributed by atoms with Crippen LogP contribution in [0.15, 0.2) is 6.07 Å². The number of hydrogen-bond donors (Lipinski definition) is 2. The summed E-state index contributed by atoms with van der Waals surface area (Å²) in [5, 5.41) is 7.01. The maximum Gasteiger partial charge on any atom is 0.238 e. The third-order valence-electron chi connectivity index (χ3n) is 2.90. The number of rotatable bonds is 6. The van der Waals surface area contributed by atoms with Gasteiger partial charge in [-0.05, 0) is 31.0 Å². The van der Waals surface area contributed by atoms with Crippen molar-refractivity contribution in [2.45, 2.75) is 32.8 Å². The summed E-state index contributed by atoms with van der Waals surface area (Å²) in [7, 11) is 0. The highest BCUT2D eigenvalue weighted by molar-refractivity contribution is 7.16. The van der Waals surface area contributed by atoms with Crippen LogP contribution in [0, 0.1) is 0 Å². The molecule has 1 aromatic rings. The quantitative estimate of drug-likeness (QED) is 0.777. The van der Waals surface area contributed by atoms with Gasteiger partial charge >= 0.3 is 0 Å². The highest BCUT2D eigenvalue weighted by atomic mass is 32.1. The zero-order chi connectivity index (χ0) is 12.8. The van der Waals surface area contributed by atoms with Crippen LogP contribution in [0.2, 0.25) is 0 Å². The standard InChI is InChI=1S/C13H20N2O2S/c1-2-3-5-14-8-12(16)15-13-7-10-4-6-17-9-11(10)18-13/h7,14H,2-6,8-9H2,1H3,(H,15,16). The number of nitrogens with one attached hydrogen (secondary N) is 2. The van der Waals surface area contributed by atoms with E-state index in [4.69, 9.17) is 4.74 Å². The van der Waals surface area contributed by atoms with Gasteiger partial charge in [-0.2, -0.15) is 0 Å². The zero-order valence-electron chi connectivity index (χ0n) is 10.8. The van der Waals surface area contributed by atoms with E-state index >= 15 is 0 Å². The molecular formula is C13H20N2O2S. The van der Waals surface area contributed by atoms with Gasteiger partial charge in [-0.1, -0.05) is 13.3 Å². The third-order valence-corrected chi connectivity index (χ3v) is 3.97. The van der Waals surface area contributed by atoms with Crippen LogP contribution in [-0.2, 0) is 22.6 Å². The van der Waals surface area contributed by atoms with Crippen molar-refractivity contribution in [1.29, 1.82) is 0 Å². The van der Waals surface area contributed by atoms with Gasteiger partial charge in [0.15, 0.2) is 0 Å². The van der Waals surface area contributed by atoms with Crippen LogP contribution >= 0.6 is 11.3 Å². The van der Waals surface area contributed by atoms with Crippen LogP contribution < -0.4 is 10.6 Å². The molecule has 0 unspecified atom stereocenters. The molecule has 0 saturated carbocycles. The van der Waals surface area contributed by atoms with Gasteiger partial charge in [0.05, 0.1) is 24.8 Å². The lowest BCUT2D eigenvalue weighted by Crippen LogP contribution is -2.28. The molecule has 0 bridgehead atoms. The first-order chi connectivity index (χ1) is 8.79. The van der Waals surface area contributed by atoms with Crippen molar-refractivity contribution in [2.24, 2.45) is 0 Å². The van der Waals surface area contributed by atoms with Crippen LogP contribution in [0.3, 0.4) is 0 Å². The molecule has 18 heavy (non-hydrogen) atoms.